The van der Waals surface area contributed by atoms with Gasteiger partial charge in [0, 0.05) is 17.6 Å². The third-order valence-electron chi connectivity index (χ3n) is 3.15. The lowest BCUT2D eigenvalue weighted by atomic mass is 10.2. The van der Waals surface area contributed by atoms with E-state index in [0.717, 1.165) is 17.0 Å². The highest BCUT2D eigenvalue weighted by atomic mass is 35.5. The number of halogens is 1. The third-order valence-corrected chi connectivity index (χ3v) is 3.56. The maximum absolute atomic E-state index is 8.74. The number of anilines is 1. The molecule has 0 aliphatic heterocycles. The van der Waals surface area contributed by atoms with E-state index in [1.54, 1.807) is 37.4 Å². The minimum absolute atomic E-state index is 0.497. The molecule has 0 aliphatic carbocycles. The largest absolute Gasteiger partial charge is 0.495 e. The van der Waals surface area contributed by atoms with E-state index in [4.69, 9.17) is 26.3 Å². The second kappa shape index (κ2) is 7.58. The summed E-state index contributed by atoms with van der Waals surface area (Å²) in [5.74, 6) is 1.44. The zero-order valence-electron chi connectivity index (χ0n) is 12.5. The Labute approximate surface area is 135 Å². The molecule has 0 saturated heterocycles. The SMILES string of the molecule is COc1cc(Cl)c(C)cc1NCCOc1ccc(C#N)cc1. The van der Waals surface area contributed by atoms with Gasteiger partial charge in [-0.1, -0.05) is 11.6 Å². The van der Waals surface area contributed by atoms with Crippen molar-refractivity contribution >= 4 is 17.3 Å². The van der Waals surface area contributed by atoms with Crippen LogP contribution >= 0.6 is 11.6 Å². The molecule has 0 fully saturated rings. The summed E-state index contributed by atoms with van der Waals surface area (Å²) in [7, 11) is 1.61. The number of hydrogen-bond donors (Lipinski definition) is 1. The average Bonchev–Trinajstić information content (AvgIpc) is 2.55. The Balaban J connectivity index is 1.88. The fourth-order valence-electron chi connectivity index (χ4n) is 1.95. The molecule has 114 valence electrons. The first-order chi connectivity index (χ1) is 10.6. The molecule has 1 N–H and O–H groups in total. The van der Waals surface area contributed by atoms with Crippen molar-refractivity contribution in [2.45, 2.75) is 6.92 Å². The normalized spacial score (nSPS) is 9.91. The summed E-state index contributed by atoms with van der Waals surface area (Å²) in [4.78, 5) is 0. The van der Waals surface area contributed by atoms with Crippen molar-refractivity contribution in [1.82, 2.24) is 0 Å². The van der Waals surface area contributed by atoms with Gasteiger partial charge in [0.2, 0.25) is 0 Å². The Hall–Kier alpha value is -2.38. The van der Waals surface area contributed by atoms with Gasteiger partial charge in [-0.05, 0) is 42.8 Å². The number of benzene rings is 2. The molecule has 0 bridgehead atoms. The fourth-order valence-corrected chi connectivity index (χ4v) is 2.10. The molecule has 0 atom stereocenters. The summed E-state index contributed by atoms with van der Waals surface area (Å²) in [5.41, 5.74) is 2.48. The van der Waals surface area contributed by atoms with Crippen LogP contribution in [0.4, 0.5) is 5.69 Å². The molecule has 4 nitrogen and oxygen atoms in total. The summed E-state index contributed by atoms with van der Waals surface area (Å²) >= 11 is 6.08. The number of ether oxygens (including phenoxy) is 2. The van der Waals surface area contributed by atoms with Gasteiger partial charge in [0.1, 0.15) is 18.1 Å². The second-order valence-corrected chi connectivity index (χ2v) is 5.12. The summed E-state index contributed by atoms with van der Waals surface area (Å²) in [5, 5.41) is 12.7. The van der Waals surface area contributed by atoms with E-state index in [9.17, 15) is 0 Å². The maximum Gasteiger partial charge on any atom is 0.143 e. The van der Waals surface area contributed by atoms with Gasteiger partial charge in [0.05, 0.1) is 24.4 Å². The minimum Gasteiger partial charge on any atom is -0.495 e. The van der Waals surface area contributed by atoms with Gasteiger partial charge in [-0.2, -0.15) is 5.26 Å². The van der Waals surface area contributed by atoms with Crippen LogP contribution in [0.1, 0.15) is 11.1 Å². The number of hydrogen-bond acceptors (Lipinski definition) is 4. The van der Waals surface area contributed by atoms with Crippen molar-refractivity contribution in [3.63, 3.8) is 0 Å². The lowest BCUT2D eigenvalue weighted by Crippen LogP contribution is -2.12. The van der Waals surface area contributed by atoms with Gasteiger partial charge in [0.15, 0.2) is 0 Å². The second-order valence-electron chi connectivity index (χ2n) is 4.71. The first-order valence-corrected chi connectivity index (χ1v) is 7.23. The van der Waals surface area contributed by atoms with E-state index in [1.165, 1.54) is 0 Å². The smallest absolute Gasteiger partial charge is 0.143 e. The lowest BCUT2D eigenvalue weighted by molar-refractivity contribution is 0.332. The van der Waals surface area contributed by atoms with Gasteiger partial charge >= 0.3 is 0 Å². The minimum atomic E-state index is 0.497. The van der Waals surface area contributed by atoms with Crippen molar-refractivity contribution in [3.8, 4) is 17.6 Å². The molecule has 0 heterocycles. The van der Waals surface area contributed by atoms with Gasteiger partial charge in [-0.25, -0.2) is 0 Å². The number of methoxy groups -OCH3 is 1. The third kappa shape index (κ3) is 4.06. The predicted molar refractivity (Wildman–Crippen MR) is 87.9 cm³/mol. The Morgan fingerprint density at radius 3 is 2.59 bits per heavy atom. The van der Waals surface area contributed by atoms with Gasteiger partial charge in [-0.15, -0.1) is 0 Å². The van der Waals surface area contributed by atoms with Crippen molar-refractivity contribution in [2.24, 2.45) is 0 Å². The predicted octanol–water partition coefficient (Wildman–Crippen LogP) is 4.02. The summed E-state index contributed by atoms with van der Waals surface area (Å²) in [6, 6.07) is 12.8. The van der Waals surface area contributed by atoms with Crippen molar-refractivity contribution < 1.29 is 9.47 Å². The van der Waals surface area contributed by atoms with Crippen LogP contribution in [0.15, 0.2) is 36.4 Å². The number of rotatable bonds is 6. The van der Waals surface area contributed by atoms with E-state index in [2.05, 4.69) is 11.4 Å². The van der Waals surface area contributed by atoms with Crippen LogP contribution in [0.5, 0.6) is 11.5 Å². The zero-order valence-corrected chi connectivity index (χ0v) is 13.3. The first kappa shape index (κ1) is 16.0. The summed E-state index contributed by atoms with van der Waals surface area (Å²) in [6.45, 7) is 3.06. The standard InChI is InChI=1S/C17H17ClN2O2/c1-12-9-16(17(21-2)10-15(12)18)20-7-8-22-14-5-3-13(11-19)4-6-14/h3-6,9-10,20H,7-8H2,1-2H3. The molecule has 0 radical (unpaired) electrons. The molecule has 0 spiro atoms. The Morgan fingerprint density at radius 1 is 1.23 bits per heavy atom. The van der Waals surface area contributed by atoms with Crippen LogP contribution in [0.25, 0.3) is 0 Å². The maximum atomic E-state index is 8.74. The molecular weight excluding hydrogens is 300 g/mol. The molecule has 2 rings (SSSR count). The first-order valence-electron chi connectivity index (χ1n) is 6.85. The Morgan fingerprint density at radius 2 is 1.95 bits per heavy atom. The number of nitriles is 1. The van der Waals surface area contributed by atoms with E-state index in [0.29, 0.717) is 29.5 Å². The van der Waals surface area contributed by atoms with E-state index in [-0.39, 0.29) is 0 Å². The fraction of sp³-hybridized carbons (Fsp3) is 0.235. The van der Waals surface area contributed by atoms with E-state index in [1.807, 2.05) is 13.0 Å². The molecule has 2 aromatic rings. The number of aryl methyl sites for hydroxylation is 1. The monoisotopic (exact) mass is 316 g/mol. The highest BCUT2D eigenvalue weighted by Gasteiger charge is 2.06. The van der Waals surface area contributed by atoms with Gasteiger partial charge < -0.3 is 14.8 Å². The highest BCUT2D eigenvalue weighted by molar-refractivity contribution is 6.31. The number of nitrogens with zero attached hydrogens (tertiary/aromatic N) is 1. The van der Waals surface area contributed by atoms with E-state index < -0.39 is 0 Å². The van der Waals surface area contributed by atoms with Crippen LogP contribution in [-0.4, -0.2) is 20.3 Å². The lowest BCUT2D eigenvalue weighted by Gasteiger charge is -2.13. The summed E-state index contributed by atoms with van der Waals surface area (Å²) in [6.07, 6.45) is 0. The van der Waals surface area contributed by atoms with Crippen molar-refractivity contribution in [1.29, 1.82) is 5.26 Å². The molecular formula is C17H17ClN2O2. The van der Waals surface area contributed by atoms with Gasteiger partial charge in [0.25, 0.3) is 0 Å². The highest BCUT2D eigenvalue weighted by Crippen LogP contribution is 2.30. The molecule has 2 aromatic carbocycles. The molecule has 0 saturated carbocycles. The van der Waals surface area contributed by atoms with E-state index >= 15 is 0 Å². The number of nitrogens with one attached hydrogen (secondary N) is 1. The van der Waals surface area contributed by atoms with Gasteiger partial charge in [-0.3, -0.25) is 0 Å². The Kier molecular flexibility index (Phi) is 5.51. The topological polar surface area (TPSA) is 54.3 Å². The molecule has 5 heteroatoms. The van der Waals surface area contributed by atoms with Crippen molar-refractivity contribution in [2.75, 3.05) is 25.6 Å². The molecule has 0 aliphatic rings. The van der Waals surface area contributed by atoms with Crippen LogP contribution in [0.3, 0.4) is 0 Å². The van der Waals surface area contributed by atoms with Crippen LogP contribution in [0, 0.1) is 18.3 Å². The molecule has 0 aromatic heterocycles. The molecule has 22 heavy (non-hydrogen) atoms. The quantitative estimate of drug-likeness (QED) is 0.818. The van der Waals surface area contributed by atoms with Crippen LogP contribution in [-0.2, 0) is 0 Å². The Bertz CT molecular complexity index is 678. The zero-order chi connectivity index (χ0) is 15.9. The van der Waals surface area contributed by atoms with Crippen LogP contribution in [0.2, 0.25) is 5.02 Å². The molecule has 0 unspecified atom stereocenters. The summed E-state index contributed by atoms with van der Waals surface area (Å²) < 4.78 is 10.9. The van der Waals surface area contributed by atoms with Crippen molar-refractivity contribution in [3.05, 3.63) is 52.5 Å². The molecule has 0 amide bonds. The van der Waals surface area contributed by atoms with Crippen LogP contribution < -0.4 is 14.8 Å². The average molecular weight is 317 g/mol.